The summed E-state index contributed by atoms with van der Waals surface area (Å²) >= 11 is 5.86. The highest BCUT2D eigenvalue weighted by atomic mass is 35.5. The van der Waals surface area contributed by atoms with Crippen LogP contribution in [0.5, 0.6) is 0 Å². The smallest absolute Gasteiger partial charge is 0.319 e. The maximum atomic E-state index is 11.8. The molecular weight excluding hydrogens is 258 g/mol. The summed E-state index contributed by atoms with van der Waals surface area (Å²) in [6.07, 6.45) is 0. The van der Waals surface area contributed by atoms with E-state index < -0.39 is 17.2 Å². The van der Waals surface area contributed by atoms with Crippen LogP contribution in [0, 0.1) is 0 Å². The highest BCUT2D eigenvalue weighted by molar-refractivity contribution is 6.33. The van der Waals surface area contributed by atoms with Crippen molar-refractivity contribution in [2.45, 2.75) is 0 Å². The van der Waals surface area contributed by atoms with Crippen LogP contribution < -0.4 is 16.6 Å². The number of halogens is 1. The van der Waals surface area contributed by atoms with E-state index in [1.165, 1.54) is 0 Å². The molecule has 0 spiro atoms. The number of carbonyl (C=O) groups is 1. The average molecular weight is 266 g/mol. The van der Waals surface area contributed by atoms with Gasteiger partial charge in [-0.3, -0.25) is 14.6 Å². The molecule has 18 heavy (non-hydrogen) atoms. The second-order valence-corrected chi connectivity index (χ2v) is 3.84. The fraction of sp³-hybridized carbons (Fsp3) is 0. The summed E-state index contributed by atoms with van der Waals surface area (Å²) in [6.45, 7) is 0. The summed E-state index contributed by atoms with van der Waals surface area (Å²) < 4.78 is 0. The van der Waals surface area contributed by atoms with Crippen molar-refractivity contribution >= 4 is 23.2 Å². The van der Waals surface area contributed by atoms with E-state index in [0.717, 1.165) is 6.07 Å². The molecule has 92 valence electrons. The van der Waals surface area contributed by atoms with Gasteiger partial charge in [0, 0.05) is 6.07 Å². The van der Waals surface area contributed by atoms with Crippen molar-refractivity contribution in [1.29, 1.82) is 0 Å². The van der Waals surface area contributed by atoms with Gasteiger partial charge in [-0.05, 0) is 12.1 Å². The Balaban J connectivity index is 2.30. The van der Waals surface area contributed by atoms with Crippen LogP contribution in [0.2, 0.25) is 5.02 Å². The van der Waals surface area contributed by atoms with Crippen LogP contribution in [0.1, 0.15) is 10.5 Å². The van der Waals surface area contributed by atoms with Crippen molar-refractivity contribution in [3.8, 4) is 0 Å². The zero-order valence-electron chi connectivity index (χ0n) is 8.99. The van der Waals surface area contributed by atoms with Crippen molar-refractivity contribution in [1.82, 2.24) is 9.97 Å². The number of anilines is 1. The van der Waals surface area contributed by atoms with E-state index in [2.05, 4.69) is 10.3 Å². The van der Waals surface area contributed by atoms with Crippen molar-refractivity contribution < 1.29 is 4.79 Å². The van der Waals surface area contributed by atoms with Gasteiger partial charge in [0.1, 0.15) is 5.69 Å². The molecule has 0 saturated carbocycles. The molecule has 0 aliphatic heterocycles. The third kappa shape index (κ3) is 2.67. The summed E-state index contributed by atoms with van der Waals surface area (Å²) in [5.41, 5.74) is -1.14. The second kappa shape index (κ2) is 4.89. The number of nitrogens with one attached hydrogen (secondary N) is 3. The summed E-state index contributed by atoms with van der Waals surface area (Å²) in [5, 5.41) is 2.85. The highest BCUT2D eigenvalue weighted by Crippen LogP contribution is 2.20. The number of hydrogen-bond donors (Lipinski definition) is 3. The lowest BCUT2D eigenvalue weighted by Gasteiger charge is -2.06. The molecule has 6 nitrogen and oxygen atoms in total. The van der Waals surface area contributed by atoms with Crippen LogP contribution in [0.15, 0.2) is 39.9 Å². The summed E-state index contributed by atoms with van der Waals surface area (Å²) in [7, 11) is 0. The van der Waals surface area contributed by atoms with E-state index in [4.69, 9.17) is 11.6 Å². The molecule has 0 atom stereocenters. The van der Waals surface area contributed by atoms with Gasteiger partial charge >= 0.3 is 5.69 Å². The maximum Gasteiger partial charge on any atom is 0.326 e. The zero-order valence-corrected chi connectivity index (χ0v) is 9.75. The Hall–Kier alpha value is -2.34. The molecule has 1 aromatic heterocycles. The molecule has 0 saturated heterocycles. The molecule has 1 heterocycles. The van der Waals surface area contributed by atoms with E-state index in [0.29, 0.717) is 10.7 Å². The predicted molar refractivity (Wildman–Crippen MR) is 67.1 cm³/mol. The summed E-state index contributed by atoms with van der Waals surface area (Å²) in [4.78, 5) is 38.0. The molecule has 0 fully saturated rings. The van der Waals surface area contributed by atoms with Crippen LogP contribution >= 0.6 is 11.6 Å². The molecule has 2 rings (SSSR count). The lowest BCUT2D eigenvalue weighted by atomic mass is 10.3. The number of rotatable bonds is 2. The Bertz CT molecular complexity index is 677. The van der Waals surface area contributed by atoms with Gasteiger partial charge in [0.05, 0.1) is 10.7 Å². The minimum atomic E-state index is -0.744. The highest BCUT2D eigenvalue weighted by Gasteiger charge is 2.09. The predicted octanol–water partition coefficient (Wildman–Crippen LogP) is 0.969. The Morgan fingerprint density at radius 3 is 2.56 bits per heavy atom. The molecule has 0 aliphatic carbocycles. The molecule has 0 unspecified atom stereocenters. The van der Waals surface area contributed by atoms with Gasteiger partial charge < -0.3 is 10.3 Å². The van der Waals surface area contributed by atoms with E-state index in [9.17, 15) is 14.4 Å². The molecule has 3 N–H and O–H groups in total. The van der Waals surface area contributed by atoms with Gasteiger partial charge in [-0.1, -0.05) is 23.7 Å². The molecule has 1 aromatic carbocycles. The summed E-state index contributed by atoms with van der Waals surface area (Å²) in [6, 6.07) is 7.62. The van der Waals surface area contributed by atoms with Crippen LogP contribution in [-0.2, 0) is 0 Å². The quantitative estimate of drug-likeness (QED) is 0.755. The number of aromatic nitrogens is 2. The minimum Gasteiger partial charge on any atom is -0.319 e. The van der Waals surface area contributed by atoms with Gasteiger partial charge in [-0.25, -0.2) is 4.79 Å². The Morgan fingerprint density at radius 1 is 1.17 bits per heavy atom. The number of benzene rings is 1. The molecular formula is C11H8ClN3O3. The lowest BCUT2D eigenvalue weighted by Crippen LogP contribution is -2.27. The van der Waals surface area contributed by atoms with Crippen LogP contribution in [0.25, 0.3) is 0 Å². The third-order valence-electron chi connectivity index (χ3n) is 2.13. The Labute approximate surface area is 106 Å². The van der Waals surface area contributed by atoms with Crippen molar-refractivity contribution in [3.63, 3.8) is 0 Å². The number of carbonyl (C=O) groups excluding carboxylic acids is 1. The van der Waals surface area contributed by atoms with Crippen molar-refractivity contribution in [2.75, 3.05) is 5.32 Å². The second-order valence-electron chi connectivity index (χ2n) is 3.44. The first-order valence-electron chi connectivity index (χ1n) is 4.96. The largest absolute Gasteiger partial charge is 0.326 e. The standard InChI is InChI=1S/C11H8ClN3O3/c12-6-3-1-2-4-7(6)13-10(17)8-5-9(16)15-11(18)14-8/h1-5H,(H,13,17)(H2,14,15,16,18). The monoisotopic (exact) mass is 265 g/mol. The zero-order chi connectivity index (χ0) is 13.1. The minimum absolute atomic E-state index is 0.135. The number of hydrogen-bond acceptors (Lipinski definition) is 3. The molecule has 0 radical (unpaired) electrons. The first-order chi connectivity index (χ1) is 8.56. The molecule has 2 aromatic rings. The first kappa shape index (κ1) is 12.1. The van der Waals surface area contributed by atoms with Crippen molar-refractivity contribution in [2.24, 2.45) is 0 Å². The average Bonchev–Trinajstić information content (AvgIpc) is 2.31. The van der Waals surface area contributed by atoms with Crippen LogP contribution in [0.3, 0.4) is 0 Å². The van der Waals surface area contributed by atoms with E-state index in [1.54, 1.807) is 24.3 Å². The number of H-pyrrole nitrogens is 2. The molecule has 1 amide bonds. The maximum absolute atomic E-state index is 11.8. The lowest BCUT2D eigenvalue weighted by molar-refractivity contribution is 0.102. The Kier molecular flexibility index (Phi) is 3.29. The first-order valence-corrected chi connectivity index (χ1v) is 5.33. The van der Waals surface area contributed by atoms with Gasteiger partial charge in [0.25, 0.3) is 11.5 Å². The van der Waals surface area contributed by atoms with Crippen molar-refractivity contribution in [3.05, 3.63) is 61.9 Å². The van der Waals surface area contributed by atoms with E-state index in [1.807, 2.05) is 4.98 Å². The SMILES string of the molecule is O=C(Nc1ccccc1Cl)c1cc(=O)[nH]c(=O)[nH]1. The Morgan fingerprint density at radius 2 is 1.89 bits per heavy atom. The number of amides is 1. The normalized spacial score (nSPS) is 10.1. The fourth-order valence-electron chi connectivity index (χ4n) is 1.34. The van der Waals surface area contributed by atoms with Gasteiger partial charge in [0.15, 0.2) is 0 Å². The van der Waals surface area contributed by atoms with Gasteiger partial charge in [-0.2, -0.15) is 0 Å². The number of para-hydroxylation sites is 1. The number of aromatic amines is 2. The summed E-state index contributed by atoms with van der Waals surface area (Å²) in [5.74, 6) is -0.619. The third-order valence-corrected chi connectivity index (χ3v) is 2.46. The van der Waals surface area contributed by atoms with Gasteiger partial charge in [-0.15, -0.1) is 0 Å². The fourth-order valence-corrected chi connectivity index (χ4v) is 1.53. The molecule has 0 bridgehead atoms. The molecule has 0 aliphatic rings. The van der Waals surface area contributed by atoms with Crippen LogP contribution in [-0.4, -0.2) is 15.9 Å². The van der Waals surface area contributed by atoms with Gasteiger partial charge in [0.2, 0.25) is 0 Å². The molecule has 7 heteroatoms. The van der Waals surface area contributed by atoms with Crippen LogP contribution in [0.4, 0.5) is 5.69 Å². The topological polar surface area (TPSA) is 94.8 Å². The van der Waals surface area contributed by atoms with E-state index >= 15 is 0 Å². The van der Waals surface area contributed by atoms with E-state index in [-0.39, 0.29) is 5.69 Å².